The Morgan fingerprint density at radius 1 is 1.19 bits per heavy atom. The third-order valence-corrected chi connectivity index (χ3v) is 3.86. The fourth-order valence-corrected chi connectivity index (χ4v) is 2.57. The number of rotatable bonds is 5. The van der Waals surface area contributed by atoms with Crippen LogP contribution in [0.4, 0.5) is 15.8 Å². The number of amides is 1. The Morgan fingerprint density at radius 3 is 2.42 bits per heavy atom. The molecule has 0 saturated heterocycles. The number of carbonyl (C=O) groups is 1. The van der Waals surface area contributed by atoms with Crippen molar-refractivity contribution < 1.29 is 14.1 Å². The van der Waals surface area contributed by atoms with Crippen LogP contribution in [-0.2, 0) is 6.42 Å². The Hall–Kier alpha value is -3.55. The highest BCUT2D eigenvalue weighted by Gasteiger charge is 2.17. The van der Waals surface area contributed by atoms with Gasteiger partial charge < -0.3 is 5.32 Å². The molecule has 7 nitrogen and oxygen atoms in total. The summed E-state index contributed by atoms with van der Waals surface area (Å²) in [4.78, 5) is 22.7. The van der Waals surface area contributed by atoms with Crippen LogP contribution >= 0.6 is 0 Å². The smallest absolute Gasteiger partial charge is 0.269 e. The van der Waals surface area contributed by atoms with Crippen molar-refractivity contribution in [1.82, 2.24) is 9.78 Å². The van der Waals surface area contributed by atoms with Crippen LogP contribution in [0, 0.1) is 15.9 Å². The van der Waals surface area contributed by atoms with Gasteiger partial charge in [0.25, 0.3) is 11.6 Å². The fraction of sp³-hybridized carbons (Fsp3) is 0.111. The van der Waals surface area contributed by atoms with Crippen molar-refractivity contribution in [2.24, 2.45) is 0 Å². The van der Waals surface area contributed by atoms with Gasteiger partial charge in [0.05, 0.1) is 28.1 Å². The van der Waals surface area contributed by atoms with E-state index in [1.165, 1.54) is 42.6 Å². The summed E-state index contributed by atoms with van der Waals surface area (Å²) in [6.07, 6.45) is 1.99. The number of nitrogens with zero attached hydrogens (tertiary/aromatic N) is 3. The molecule has 1 N–H and O–H groups in total. The van der Waals surface area contributed by atoms with E-state index in [0.717, 1.165) is 0 Å². The minimum absolute atomic E-state index is 0.0543. The molecular formula is C18H15FN4O3. The second kappa shape index (κ2) is 7.14. The number of benzene rings is 2. The quantitative estimate of drug-likeness (QED) is 0.558. The molecule has 0 bridgehead atoms. The van der Waals surface area contributed by atoms with Gasteiger partial charge in [0, 0.05) is 17.8 Å². The topological polar surface area (TPSA) is 90.1 Å². The molecule has 1 aromatic heterocycles. The van der Waals surface area contributed by atoms with Crippen molar-refractivity contribution in [1.29, 1.82) is 0 Å². The summed E-state index contributed by atoms with van der Waals surface area (Å²) in [6, 6.07) is 11.4. The molecule has 132 valence electrons. The van der Waals surface area contributed by atoms with E-state index < -0.39 is 4.92 Å². The molecule has 26 heavy (non-hydrogen) atoms. The van der Waals surface area contributed by atoms with E-state index in [1.54, 1.807) is 16.8 Å². The number of non-ortho nitro benzene ring substituents is 1. The predicted molar refractivity (Wildman–Crippen MR) is 93.9 cm³/mol. The van der Waals surface area contributed by atoms with E-state index in [4.69, 9.17) is 0 Å². The fourth-order valence-electron chi connectivity index (χ4n) is 2.57. The van der Waals surface area contributed by atoms with Gasteiger partial charge in [-0.25, -0.2) is 9.07 Å². The van der Waals surface area contributed by atoms with Crippen molar-refractivity contribution in [3.05, 3.63) is 81.9 Å². The monoisotopic (exact) mass is 354 g/mol. The first kappa shape index (κ1) is 17.3. The molecule has 0 aliphatic heterocycles. The largest absolute Gasteiger partial charge is 0.322 e. The molecule has 0 fully saturated rings. The number of nitrogens with one attached hydrogen (secondary N) is 1. The van der Waals surface area contributed by atoms with E-state index in [0.29, 0.717) is 29.1 Å². The first-order valence-electron chi connectivity index (χ1n) is 7.88. The Kier molecular flexibility index (Phi) is 4.74. The minimum Gasteiger partial charge on any atom is -0.322 e. The maximum atomic E-state index is 13.1. The molecule has 0 spiro atoms. The number of hydrogen-bond acceptors (Lipinski definition) is 4. The molecule has 3 rings (SSSR count). The molecule has 3 aromatic rings. The van der Waals surface area contributed by atoms with E-state index >= 15 is 0 Å². The molecule has 0 aliphatic carbocycles. The highest BCUT2D eigenvalue weighted by molar-refractivity contribution is 6.05. The van der Waals surface area contributed by atoms with Crippen molar-refractivity contribution in [3.63, 3.8) is 0 Å². The number of halogens is 1. The van der Waals surface area contributed by atoms with Crippen molar-refractivity contribution >= 4 is 17.3 Å². The summed E-state index contributed by atoms with van der Waals surface area (Å²) in [5, 5.41) is 17.6. The molecule has 0 saturated carbocycles. The predicted octanol–water partition coefficient (Wildman–Crippen LogP) is 3.73. The summed E-state index contributed by atoms with van der Waals surface area (Å²) >= 11 is 0. The van der Waals surface area contributed by atoms with Crippen LogP contribution in [0.1, 0.15) is 23.0 Å². The van der Waals surface area contributed by atoms with E-state index in [9.17, 15) is 19.3 Å². The van der Waals surface area contributed by atoms with Crippen molar-refractivity contribution in [2.75, 3.05) is 5.32 Å². The lowest BCUT2D eigenvalue weighted by Gasteiger charge is -2.08. The number of anilines is 1. The second-order valence-corrected chi connectivity index (χ2v) is 5.50. The summed E-state index contributed by atoms with van der Waals surface area (Å²) in [6.45, 7) is 1.89. The minimum atomic E-state index is -0.506. The van der Waals surface area contributed by atoms with Gasteiger partial charge in [-0.15, -0.1) is 0 Å². The first-order valence-corrected chi connectivity index (χ1v) is 7.88. The van der Waals surface area contributed by atoms with Crippen LogP contribution in [0.15, 0.2) is 54.7 Å². The maximum absolute atomic E-state index is 13.1. The van der Waals surface area contributed by atoms with E-state index in [-0.39, 0.29) is 17.4 Å². The molecule has 1 amide bonds. The molecule has 0 unspecified atom stereocenters. The van der Waals surface area contributed by atoms with Crippen LogP contribution in [0.25, 0.3) is 5.69 Å². The third kappa shape index (κ3) is 3.44. The highest BCUT2D eigenvalue weighted by atomic mass is 19.1. The lowest BCUT2D eigenvalue weighted by Crippen LogP contribution is -2.14. The van der Waals surface area contributed by atoms with Crippen LogP contribution < -0.4 is 5.32 Å². The molecular weight excluding hydrogens is 339 g/mol. The highest BCUT2D eigenvalue weighted by Crippen LogP contribution is 2.19. The number of aromatic nitrogens is 2. The van der Waals surface area contributed by atoms with Crippen LogP contribution in [0.5, 0.6) is 0 Å². The summed E-state index contributed by atoms with van der Waals surface area (Å²) < 4.78 is 14.7. The standard InChI is InChI=1S/C18H15FN4O3/c1-2-17-16(11-20-22(17)14-7-3-12(19)4-8-14)18(24)21-13-5-9-15(10-6-13)23(25)26/h3-11H,2H2,1H3,(H,21,24). The zero-order valence-corrected chi connectivity index (χ0v) is 13.8. The average molecular weight is 354 g/mol. The Morgan fingerprint density at radius 2 is 1.85 bits per heavy atom. The van der Waals surface area contributed by atoms with Crippen LogP contribution in [0.3, 0.4) is 0 Å². The number of nitro benzene ring substituents is 1. The molecule has 2 aromatic carbocycles. The Labute approximate surface area is 148 Å². The van der Waals surface area contributed by atoms with Gasteiger partial charge in [-0.05, 0) is 42.8 Å². The maximum Gasteiger partial charge on any atom is 0.269 e. The third-order valence-electron chi connectivity index (χ3n) is 3.86. The van der Waals surface area contributed by atoms with Crippen molar-refractivity contribution in [3.8, 4) is 5.69 Å². The first-order chi connectivity index (χ1) is 12.5. The normalized spacial score (nSPS) is 10.5. The van der Waals surface area contributed by atoms with Crippen LogP contribution in [0.2, 0.25) is 0 Å². The number of nitro groups is 1. The average Bonchev–Trinajstić information content (AvgIpc) is 3.07. The molecule has 0 aliphatic rings. The SMILES string of the molecule is CCc1c(C(=O)Nc2ccc([N+](=O)[O-])cc2)cnn1-c1ccc(F)cc1. The summed E-state index contributed by atoms with van der Waals surface area (Å²) in [5.74, 6) is -0.723. The molecule has 8 heteroatoms. The second-order valence-electron chi connectivity index (χ2n) is 5.50. The zero-order valence-electron chi connectivity index (χ0n) is 13.8. The molecule has 0 radical (unpaired) electrons. The Bertz CT molecular complexity index is 950. The van der Waals surface area contributed by atoms with Gasteiger partial charge >= 0.3 is 0 Å². The molecule has 1 heterocycles. The summed E-state index contributed by atoms with van der Waals surface area (Å²) in [5.41, 5.74) is 2.10. The van der Waals surface area contributed by atoms with E-state index in [1.807, 2.05) is 6.92 Å². The van der Waals surface area contributed by atoms with E-state index in [2.05, 4.69) is 10.4 Å². The van der Waals surface area contributed by atoms with Gasteiger partial charge in [-0.2, -0.15) is 5.10 Å². The Balaban J connectivity index is 1.85. The van der Waals surface area contributed by atoms with Crippen LogP contribution in [-0.4, -0.2) is 20.6 Å². The van der Waals surface area contributed by atoms with Crippen molar-refractivity contribution in [2.45, 2.75) is 13.3 Å². The van der Waals surface area contributed by atoms with Gasteiger partial charge in [0.2, 0.25) is 0 Å². The lowest BCUT2D eigenvalue weighted by molar-refractivity contribution is -0.384. The zero-order chi connectivity index (χ0) is 18.7. The summed E-state index contributed by atoms with van der Waals surface area (Å²) in [7, 11) is 0. The molecule has 0 atom stereocenters. The van der Waals surface area contributed by atoms with Gasteiger partial charge in [0.15, 0.2) is 0 Å². The number of hydrogen-bond donors (Lipinski definition) is 1. The van der Waals surface area contributed by atoms with Gasteiger partial charge in [-0.1, -0.05) is 6.92 Å². The van der Waals surface area contributed by atoms with Gasteiger partial charge in [-0.3, -0.25) is 14.9 Å². The lowest BCUT2D eigenvalue weighted by atomic mass is 10.1. The van der Waals surface area contributed by atoms with Gasteiger partial charge in [0.1, 0.15) is 5.82 Å². The number of carbonyl (C=O) groups excluding carboxylic acids is 1.